The summed E-state index contributed by atoms with van der Waals surface area (Å²) >= 11 is 14.1. The average Bonchev–Trinajstić information content (AvgIpc) is 2.92. The fourth-order valence-electron chi connectivity index (χ4n) is 1.68. The summed E-state index contributed by atoms with van der Waals surface area (Å²) in [6, 6.07) is 5.73. The summed E-state index contributed by atoms with van der Waals surface area (Å²) in [6.07, 6.45) is 4.76. The minimum atomic E-state index is 0.675. The van der Waals surface area contributed by atoms with Gasteiger partial charge in [-0.3, -0.25) is 0 Å². The van der Waals surface area contributed by atoms with Gasteiger partial charge in [-0.25, -0.2) is 4.68 Å². The summed E-state index contributed by atoms with van der Waals surface area (Å²) in [7, 11) is 0. The number of nitrogens with zero attached hydrogens (tertiary/aromatic N) is 4. The molecule has 0 aliphatic carbocycles. The lowest BCUT2D eigenvalue weighted by atomic mass is 10.1. The van der Waals surface area contributed by atoms with E-state index in [1.54, 1.807) is 18.0 Å². The molecule has 0 unspecified atom stereocenters. The first-order valence-electron chi connectivity index (χ1n) is 5.44. The molecule has 1 aliphatic heterocycles. The molecule has 0 atom stereocenters. The number of fused-ring (bicyclic) bond motifs is 1. The van der Waals surface area contributed by atoms with Crippen LogP contribution in [0.2, 0.25) is 5.02 Å². The fourth-order valence-corrected chi connectivity index (χ4v) is 3.27. The molecule has 4 nitrogen and oxygen atoms in total. The number of halogens is 2. The van der Waals surface area contributed by atoms with Gasteiger partial charge in [-0.1, -0.05) is 23.2 Å². The van der Waals surface area contributed by atoms with Crippen LogP contribution in [0.1, 0.15) is 5.56 Å². The second-order valence-corrected chi connectivity index (χ2v) is 5.69. The summed E-state index contributed by atoms with van der Waals surface area (Å²) in [4.78, 5) is 1.14. The lowest BCUT2D eigenvalue weighted by Gasteiger charge is -2.17. The molecular weight excluding hydrogens is 303 g/mol. The summed E-state index contributed by atoms with van der Waals surface area (Å²) in [5.41, 5.74) is 1.91. The van der Waals surface area contributed by atoms with Crippen molar-refractivity contribution in [3.05, 3.63) is 47.0 Å². The van der Waals surface area contributed by atoms with Crippen molar-refractivity contribution < 1.29 is 0 Å². The van der Waals surface area contributed by atoms with Crippen LogP contribution in [0.5, 0.6) is 0 Å². The smallest absolute Gasteiger partial charge is 0.141 e. The second kappa shape index (κ2) is 5.36. The first-order valence-corrected chi connectivity index (χ1v) is 7.18. The summed E-state index contributed by atoms with van der Waals surface area (Å²) in [5.74, 6) is 0.777. The van der Waals surface area contributed by atoms with Crippen molar-refractivity contribution in [3.63, 3.8) is 0 Å². The average molecular weight is 311 g/mol. The standard InChI is InChI=1S/C12H8Cl2N4S/c13-9-1-2-11-10(3-9)12(14)8(5-19-11)4-17-18-6-15-16-7-18/h1-4,6-7H,5H2/b17-4-. The first-order chi connectivity index (χ1) is 9.24. The predicted molar refractivity (Wildman–Crippen MR) is 78.9 cm³/mol. The van der Waals surface area contributed by atoms with Crippen molar-refractivity contribution in [2.75, 3.05) is 5.75 Å². The van der Waals surface area contributed by atoms with E-state index >= 15 is 0 Å². The van der Waals surface area contributed by atoms with Gasteiger partial charge in [-0.05, 0) is 18.2 Å². The van der Waals surface area contributed by atoms with E-state index in [2.05, 4.69) is 15.3 Å². The van der Waals surface area contributed by atoms with Crippen LogP contribution in [0.3, 0.4) is 0 Å². The van der Waals surface area contributed by atoms with Gasteiger partial charge in [0.1, 0.15) is 12.7 Å². The molecule has 1 aromatic carbocycles. The van der Waals surface area contributed by atoms with E-state index < -0.39 is 0 Å². The van der Waals surface area contributed by atoms with Crippen LogP contribution in [-0.2, 0) is 0 Å². The lowest BCUT2D eigenvalue weighted by Crippen LogP contribution is -2.01. The molecule has 96 valence electrons. The molecule has 19 heavy (non-hydrogen) atoms. The van der Waals surface area contributed by atoms with E-state index in [1.165, 1.54) is 17.3 Å². The van der Waals surface area contributed by atoms with Gasteiger partial charge in [0, 0.05) is 26.8 Å². The molecule has 0 saturated heterocycles. The van der Waals surface area contributed by atoms with E-state index in [0.29, 0.717) is 10.1 Å². The Morgan fingerprint density at radius 3 is 2.84 bits per heavy atom. The van der Waals surface area contributed by atoms with E-state index in [0.717, 1.165) is 21.8 Å². The number of aromatic nitrogens is 3. The Balaban J connectivity index is 1.96. The quantitative estimate of drug-likeness (QED) is 0.797. The van der Waals surface area contributed by atoms with Crippen molar-refractivity contribution in [1.82, 2.24) is 14.9 Å². The van der Waals surface area contributed by atoms with Crippen molar-refractivity contribution in [2.24, 2.45) is 5.10 Å². The van der Waals surface area contributed by atoms with Crippen LogP contribution in [0.4, 0.5) is 0 Å². The maximum atomic E-state index is 6.40. The molecule has 0 fully saturated rings. The normalized spacial score (nSPS) is 15.1. The van der Waals surface area contributed by atoms with Crippen LogP contribution in [-0.4, -0.2) is 26.8 Å². The highest BCUT2D eigenvalue weighted by Crippen LogP contribution is 2.39. The van der Waals surface area contributed by atoms with Crippen molar-refractivity contribution in [2.45, 2.75) is 4.90 Å². The predicted octanol–water partition coefficient (Wildman–Crippen LogP) is 3.52. The number of rotatable bonds is 2. The first kappa shape index (κ1) is 12.7. The zero-order valence-corrected chi connectivity index (χ0v) is 12.0. The molecule has 0 amide bonds. The van der Waals surface area contributed by atoms with Gasteiger partial charge in [0.15, 0.2) is 0 Å². The molecule has 2 heterocycles. The third-order valence-electron chi connectivity index (χ3n) is 2.60. The third kappa shape index (κ3) is 2.68. The number of benzene rings is 1. The number of thioether (sulfide) groups is 1. The van der Waals surface area contributed by atoms with Crippen molar-refractivity contribution in [1.29, 1.82) is 0 Å². The summed E-state index contributed by atoms with van der Waals surface area (Å²) < 4.78 is 1.52. The molecule has 7 heteroatoms. The Morgan fingerprint density at radius 1 is 1.26 bits per heavy atom. The van der Waals surface area contributed by atoms with E-state index in [1.807, 2.05) is 18.2 Å². The van der Waals surface area contributed by atoms with Crippen LogP contribution in [0, 0.1) is 0 Å². The maximum absolute atomic E-state index is 6.40. The van der Waals surface area contributed by atoms with Crippen molar-refractivity contribution in [3.8, 4) is 0 Å². The number of hydrogen-bond donors (Lipinski definition) is 0. The van der Waals surface area contributed by atoms with Crippen LogP contribution >= 0.6 is 35.0 Å². The molecule has 0 N–H and O–H groups in total. The molecule has 0 radical (unpaired) electrons. The molecule has 3 rings (SSSR count). The molecule has 0 saturated carbocycles. The highest BCUT2D eigenvalue weighted by Gasteiger charge is 2.17. The Hall–Kier alpha value is -1.30. The van der Waals surface area contributed by atoms with Gasteiger partial charge >= 0.3 is 0 Å². The summed E-state index contributed by atoms with van der Waals surface area (Å²) in [5, 5.41) is 12.9. The van der Waals surface area contributed by atoms with Crippen LogP contribution in [0.25, 0.3) is 5.03 Å². The molecule has 0 spiro atoms. The third-order valence-corrected chi connectivity index (χ3v) is 4.40. The fraction of sp³-hybridized carbons (Fsp3) is 0.0833. The zero-order chi connectivity index (χ0) is 13.2. The van der Waals surface area contributed by atoms with Gasteiger partial charge in [0.05, 0.1) is 11.2 Å². The highest BCUT2D eigenvalue weighted by atomic mass is 35.5. The van der Waals surface area contributed by atoms with Gasteiger partial charge in [0.25, 0.3) is 0 Å². The highest BCUT2D eigenvalue weighted by molar-refractivity contribution is 7.99. The van der Waals surface area contributed by atoms with Gasteiger partial charge < -0.3 is 0 Å². The lowest BCUT2D eigenvalue weighted by molar-refractivity contribution is 0.878. The molecule has 2 aromatic rings. The van der Waals surface area contributed by atoms with Gasteiger partial charge in [-0.2, -0.15) is 5.10 Å². The van der Waals surface area contributed by atoms with E-state index in [-0.39, 0.29) is 0 Å². The van der Waals surface area contributed by atoms with E-state index in [9.17, 15) is 0 Å². The van der Waals surface area contributed by atoms with E-state index in [4.69, 9.17) is 23.2 Å². The minimum absolute atomic E-state index is 0.675. The Kier molecular flexibility index (Phi) is 3.59. The topological polar surface area (TPSA) is 43.1 Å². The maximum Gasteiger partial charge on any atom is 0.141 e. The SMILES string of the molecule is ClC1=C(/C=N\n2cnnc2)CSc2ccc(Cl)cc21. The molecular formula is C12H8Cl2N4S. The summed E-state index contributed by atoms with van der Waals surface area (Å²) in [6.45, 7) is 0. The second-order valence-electron chi connectivity index (χ2n) is 3.85. The van der Waals surface area contributed by atoms with Crippen LogP contribution in [0.15, 0.2) is 46.4 Å². The monoisotopic (exact) mass is 310 g/mol. The molecule has 0 bridgehead atoms. The van der Waals surface area contributed by atoms with Gasteiger partial charge in [0.2, 0.25) is 0 Å². The molecule has 1 aliphatic rings. The Bertz CT molecular complexity index is 664. The Morgan fingerprint density at radius 2 is 2.05 bits per heavy atom. The minimum Gasteiger partial charge on any atom is -0.208 e. The Labute approximate surface area is 124 Å². The van der Waals surface area contributed by atoms with Crippen molar-refractivity contribution >= 4 is 46.2 Å². The molecule has 1 aromatic heterocycles. The number of hydrogen-bond acceptors (Lipinski definition) is 4. The van der Waals surface area contributed by atoms with Gasteiger partial charge in [-0.15, -0.1) is 22.0 Å². The van der Waals surface area contributed by atoms with Crippen LogP contribution < -0.4 is 0 Å². The largest absolute Gasteiger partial charge is 0.208 e. The zero-order valence-electron chi connectivity index (χ0n) is 9.62.